The molecule has 0 radical (unpaired) electrons. The van der Waals surface area contributed by atoms with Crippen molar-refractivity contribution in [2.75, 3.05) is 25.9 Å². The van der Waals surface area contributed by atoms with Crippen molar-refractivity contribution in [3.8, 4) is 0 Å². The number of ether oxygens (including phenoxy) is 1. The first kappa shape index (κ1) is 16.5. The third-order valence-corrected chi connectivity index (χ3v) is 5.50. The van der Waals surface area contributed by atoms with Crippen LogP contribution in [-0.2, 0) is 14.8 Å². The van der Waals surface area contributed by atoms with Crippen molar-refractivity contribution >= 4 is 27.3 Å². The molecule has 1 aromatic rings. The fourth-order valence-corrected chi connectivity index (χ4v) is 3.89. The summed E-state index contributed by atoms with van der Waals surface area (Å²) in [6, 6.07) is 2.25. The second-order valence-electron chi connectivity index (χ2n) is 5.08. The Morgan fingerprint density at radius 1 is 1.48 bits per heavy atom. The molecule has 0 aromatic heterocycles. The molecule has 5 nitrogen and oxygen atoms in total. The minimum Gasteiger partial charge on any atom is -0.396 e. The molecule has 0 aliphatic carbocycles. The third-order valence-electron chi connectivity index (χ3n) is 3.46. The molecule has 1 heterocycles. The lowest BCUT2D eigenvalue weighted by atomic mass is 10.1. The fourth-order valence-electron chi connectivity index (χ4n) is 2.28. The molecule has 118 valence electrons. The molecule has 8 heteroatoms. The highest BCUT2D eigenvalue weighted by atomic mass is 35.5. The van der Waals surface area contributed by atoms with E-state index in [4.69, 9.17) is 22.1 Å². The van der Waals surface area contributed by atoms with Gasteiger partial charge >= 0.3 is 0 Å². The first-order valence-corrected chi connectivity index (χ1v) is 8.46. The van der Waals surface area contributed by atoms with Gasteiger partial charge in [0, 0.05) is 25.2 Å². The first-order valence-electron chi connectivity index (χ1n) is 6.65. The van der Waals surface area contributed by atoms with Crippen LogP contribution in [-0.4, -0.2) is 39.0 Å². The number of nitrogen functional groups attached to an aromatic ring is 1. The Bertz CT molecular complexity index is 618. The van der Waals surface area contributed by atoms with Crippen LogP contribution in [0.5, 0.6) is 0 Å². The van der Waals surface area contributed by atoms with E-state index in [1.54, 1.807) is 0 Å². The van der Waals surface area contributed by atoms with Crippen molar-refractivity contribution in [3.05, 3.63) is 23.0 Å². The topological polar surface area (TPSA) is 72.6 Å². The van der Waals surface area contributed by atoms with Crippen LogP contribution < -0.4 is 5.73 Å². The minimum absolute atomic E-state index is 0.0785. The number of hydrogen-bond donors (Lipinski definition) is 1. The number of rotatable bonds is 4. The third kappa shape index (κ3) is 3.66. The van der Waals surface area contributed by atoms with Crippen LogP contribution in [0.2, 0.25) is 5.02 Å². The van der Waals surface area contributed by atoms with Gasteiger partial charge in [0.25, 0.3) is 0 Å². The molecule has 1 aliphatic heterocycles. The number of nitrogens with two attached hydrogens (primary N) is 1. The van der Waals surface area contributed by atoms with Gasteiger partial charge in [0.15, 0.2) is 5.82 Å². The second-order valence-corrected chi connectivity index (χ2v) is 7.53. The van der Waals surface area contributed by atoms with Gasteiger partial charge in [-0.1, -0.05) is 11.6 Å². The first-order chi connectivity index (χ1) is 9.82. The zero-order chi connectivity index (χ0) is 15.6. The Hall–Kier alpha value is -0.890. The number of likely N-dealkylation sites (N-methyl/N-ethyl adjacent to an activating group) is 1. The molecule has 1 saturated heterocycles. The van der Waals surface area contributed by atoms with Crippen molar-refractivity contribution < 1.29 is 17.5 Å². The molecule has 0 bridgehead atoms. The lowest BCUT2D eigenvalue weighted by molar-refractivity contribution is 0.00856. The number of halogens is 2. The largest absolute Gasteiger partial charge is 0.396 e. The predicted octanol–water partition coefficient (Wildman–Crippen LogP) is 2.25. The molecular weight excluding hydrogens is 319 g/mol. The van der Waals surface area contributed by atoms with Crippen molar-refractivity contribution in [1.82, 2.24) is 4.31 Å². The molecule has 1 aliphatic rings. The summed E-state index contributed by atoms with van der Waals surface area (Å²) in [7, 11) is -2.61. The summed E-state index contributed by atoms with van der Waals surface area (Å²) < 4.78 is 45.5. The van der Waals surface area contributed by atoms with Crippen LogP contribution in [0.15, 0.2) is 17.0 Å². The van der Waals surface area contributed by atoms with E-state index >= 15 is 0 Å². The summed E-state index contributed by atoms with van der Waals surface area (Å²) in [5.41, 5.74) is 5.15. The number of sulfonamides is 1. The number of benzene rings is 1. The van der Waals surface area contributed by atoms with Gasteiger partial charge in [-0.3, -0.25) is 0 Å². The molecule has 1 aromatic carbocycles. The zero-order valence-corrected chi connectivity index (χ0v) is 13.3. The summed E-state index contributed by atoms with van der Waals surface area (Å²) in [5, 5.41) is 0.0785. The van der Waals surface area contributed by atoms with Gasteiger partial charge in [0.05, 0.1) is 11.8 Å². The normalized spacial score (nSPS) is 19.9. The monoisotopic (exact) mass is 336 g/mol. The van der Waals surface area contributed by atoms with Crippen LogP contribution in [0.4, 0.5) is 10.1 Å². The van der Waals surface area contributed by atoms with Crippen LogP contribution >= 0.6 is 11.6 Å². The Balaban J connectivity index is 2.24. The van der Waals surface area contributed by atoms with Crippen molar-refractivity contribution in [1.29, 1.82) is 0 Å². The summed E-state index contributed by atoms with van der Waals surface area (Å²) in [6.07, 6.45) is 2.60. The lowest BCUT2D eigenvalue weighted by Crippen LogP contribution is -2.37. The van der Waals surface area contributed by atoms with E-state index in [2.05, 4.69) is 0 Å². The molecule has 21 heavy (non-hydrogen) atoms. The van der Waals surface area contributed by atoms with Gasteiger partial charge in [-0.2, -0.15) is 4.31 Å². The van der Waals surface area contributed by atoms with Crippen LogP contribution in [0, 0.1) is 5.82 Å². The summed E-state index contributed by atoms with van der Waals surface area (Å²) in [6.45, 7) is 0.797. The van der Waals surface area contributed by atoms with E-state index in [-0.39, 0.29) is 23.4 Å². The highest BCUT2D eigenvalue weighted by molar-refractivity contribution is 7.89. The van der Waals surface area contributed by atoms with E-state index in [1.807, 2.05) is 0 Å². The molecule has 1 atom stereocenters. The summed E-state index contributed by atoms with van der Waals surface area (Å²) in [4.78, 5) is -0.509. The maximum atomic E-state index is 14.0. The molecular formula is C13H18ClFN2O3S. The standard InChI is InChI=1S/C13H18ClFN2O3S/c1-17(8-10-4-2-3-5-20-10)21(18,19)12-7-9(14)6-11(16)13(12)15/h6-7,10H,2-5,8,16H2,1H3. The molecule has 2 rings (SSSR count). The van der Waals surface area contributed by atoms with E-state index in [9.17, 15) is 12.8 Å². The molecule has 2 N–H and O–H groups in total. The van der Waals surface area contributed by atoms with E-state index in [0.717, 1.165) is 29.6 Å². The van der Waals surface area contributed by atoms with Gasteiger partial charge in [0.2, 0.25) is 10.0 Å². The quantitative estimate of drug-likeness (QED) is 0.856. The number of hydrogen-bond acceptors (Lipinski definition) is 4. The number of nitrogens with zero attached hydrogens (tertiary/aromatic N) is 1. The maximum absolute atomic E-state index is 14.0. The van der Waals surface area contributed by atoms with Gasteiger partial charge in [-0.25, -0.2) is 12.8 Å². The van der Waals surface area contributed by atoms with Gasteiger partial charge < -0.3 is 10.5 Å². The molecule has 0 amide bonds. The SMILES string of the molecule is CN(CC1CCCCO1)S(=O)(=O)c1cc(Cl)cc(N)c1F. The van der Waals surface area contributed by atoms with Crippen LogP contribution in [0.25, 0.3) is 0 Å². The zero-order valence-electron chi connectivity index (χ0n) is 11.7. The fraction of sp³-hybridized carbons (Fsp3) is 0.538. The predicted molar refractivity (Wildman–Crippen MR) is 79.2 cm³/mol. The summed E-state index contributed by atoms with van der Waals surface area (Å²) in [5.74, 6) is -0.976. The maximum Gasteiger partial charge on any atom is 0.245 e. The van der Waals surface area contributed by atoms with Gasteiger partial charge in [-0.15, -0.1) is 0 Å². The molecule has 1 fully saturated rings. The van der Waals surface area contributed by atoms with Crippen LogP contribution in [0.1, 0.15) is 19.3 Å². The van der Waals surface area contributed by atoms with E-state index < -0.39 is 20.7 Å². The smallest absolute Gasteiger partial charge is 0.245 e. The minimum atomic E-state index is -4.00. The van der Waals surface area contributed by atoms with Crippen molar-refractivity contribution in [2.45, 2.75) is 30.3 Å². The van der Waals surface area contributed by atoms with Gasteiger partial charge in [-0.05, 0) is 31.4 Å². The second kappa shape index (κ2) is 6.48. The van der Waals surface area contributed by atoms with Gasteiger partial charge in [0.1, 0.15) is 4.90 Å². The average molecular weight is 337 g/mol. The van der Waals surface area contributed by atoms with Crippen molar-refractivity contribution in [2.24, 2.45) is 0 Å². The average Bonchev–Trinajstić information content (AvgIpc) is 2.43. The summed E-state index contributed by atoms with van der Waals surface area (Å²) >= 11 is 5.77. The van der Waals surface area contributed by atoms with Crippen molar-refractivity contribution in [3.63, 3.8) is 0 Å². The van der Waals surface area contributed by atoms with E-state index in [0.29, 0.717) is 6.61 Å². The molecule has 1 unspecified atom stereocenters. The molecule has 0 saturated carbocycles. The van der Waals surface area contributed by atoms with Crippen LogP contribution in [0.3, 0.4) is 0 Å². The lowest BCUT2D eigenvalue weighted by Gasteiger charge is -2.27. The Kier molecular flexibility index (Phi) is 5.08. The van der Waals surface area contributed by atoms with E-state index in [1.165, 1.54) is 13.1 Å². The Morgan fingerprint density at radius 2 is 2.19 bits per heavy atom. The number of anilines is 1. The Morgan fingerprint density at radius 3 is 2.81 bits per heavy atom. The Labute approximate surface area is 128 Å². The highest BCUT2D eigenvalue weighted by Crippen LogP contribution is 2.27. The molecule has 0 spiro atoms. The highest BCUT2D eigenvalue weighted by Gasteiger charge is 2.29.